The standard InChI is InChI=1S/C9H7F4NO3/c10-4-2-1-3(9(11,12)13)6(14)5(4)7(15)8(16)17/h1-2,7,15H,14H2,(H,16,17). The van der Waals surface area contributed by atoms with Crippen LogP contribution in [0.15, 0.2) is 12.1 Å². The maximum absolute atomic E-state index is 13.2. The van der Waals surface area contributed by atoms with Gasteiger partial charge < -0.3 is 15.9 Å². The van der Waals surface area contributed by atoms with E-state index in [1.807, 2.05) is 0 Å². The van der Waals surface area contributed by atoms with E-state index in [1.165, 1.54) is 0 Å². The fourth-order valence-corrected chi connectivity index (χ4v) is 1.26. The van der Waals surface area contributed by atoms with Crippen LogP contribution in [0, 0.1) is 5.82 Å². The molecule has 4 N–H and O–H groups in total. The van der Waals surface area contributed by atoms with Gasteiger partial charge in [-0.15, -0.1) is 0 Å². The Hall–Kier alpha value is -1.83. The average molecular weight is 253 g/mol. The largest absolute Gasteiger partial charge is 0.479 e. The molecule has 0 bridgehead atoms. The number of hydrogen-bond acceptors (Lipinski definition) is 3. The number of anilines is 1. The zero-order valence-electron chi connectivity index (χ0n) is 8.12. The van der Waals surface area contributed by atoms with Crippen LogP contribution in [0.3, 0.4) is 0 Å². The van der Waals surface area contributed by atoms with Crippen molar-refractivity contribution in [2.24, 2.45) is 0 Å². The summed E-state index contributed by atoms with van der Waals surface area (Å²) >= 11 is 0. The molecule has 1 unspecified atom stereocenters. The van der Waals surface area contributed by atoms with Crippen molar-refractivity contribution in [2.45, 2.75) is 12.3 Å². The monoisotopic (exact) mass is 253 g/mol. The number of carboxylic acids is 1. The van der Waals surface area contributed by atoms with Crippen LogP contribution >= 0.6 is 0 Å². The van der Waals surface area contributed by atoms with E-state index in [0.29, 0.717) is 12.1 Å². The van der Waals surface area contributed by atoms with Gasteiger partial charge in [-0.25, -0.2) is 9.18 Å². The molecular weight excluding hydrogens is 246 g/mol. The van der Waals surface area contributed by atoms with E-state index in [-0.39, 0.29) is 0 Å². The third kappa shape index (κ3) is 2.47. The maximum Gasteiger partial charge on any atom is 0.418 e. The molecule has 0 heterocycles. The van der Waals surface area contributed by atoms with Gasteiger partial charge in [-0.05, 0) is 12.1 Å². The first-order valence-corrected chi connectivity index (χ1v) is 4.22. The van der Waals surface area contributed by atoms with Crippen molar-refractivity contribution in [1.29, 1.82) is 0 Å². The molecule has 0 saturated heterocycles. The van der Waals surface area contributed by atoms with E-state index < -0.39 is 40.9 Å². The molecule has 94 valence electrons. The third-order valence-corrected chi connectivity index (χ3v) is 2.05. The number of aliphatic hydroxyl groups excluding tert-OH is 1. The summed E-state index contributed by atoms with van der Waals surface area (Å²) in [5.74, 6) is -3.21. The summed E-state index contributed by atoms with van der Waals surface area (Å²) in [5.41, 5.74) is 1.41. The first-order chi connectivity index (χ1) is 7.66. The molecular formula is C9H7F4NO3. The minimum Gasteiger partial charge on any atom is -0.479 e. The molecule has 1 atom stereocenters. The van der Waals surface area contributed by atoms with E-state index in [9.17, 15) is 22.4 Å². The third-order valence-electron chi connectivity index (χ3n) is 2.05. The summed E-state index contributed by atoms with van der Waals surface area (Å²) in [6.45, 7) is 0. The number of rotatable bonds is 2. The molecule has 0 saturated carbocycles. The van der Waals surface area contributed by atoms with Gasteiger partial charge in [0.25, 0.3) is 0 Å². The first kappa shape index (κ1) is 13.2. The van der Waals surface area contributed by atoms with Gasteiger partial charge >= 0.3 is 12.1 Å². The summed E-state index contributed by atoms with van der Waals surface area (Å²) < 4.78 is 50.3. The molecule has 0 aliphatic rings. The highest BCUT2D eigenvalue weighted by atomic mass is 19.4. The second kappa shape index (κ2) is 4.21. The molecule has 17 heavy (non-hydrogen) atoms. The number of aliphatic hydroxyl groups is 1. The lowest BCUT2D eigenvalue weighted by Crippen LogP contribution is -2.18. The van der Waals surface area contributed by atoms with Crippen molar-refractivity contribution < 1.29 is 32.6 Å². The Morgan fingerprint density at radius 2 is 1.88 bits per heavy atom. The lowest BCUT2D eigenvalue weighted by atomic mass is 10.0. The summed E-state index contributed by atoms with van der Waals surface area (Å²) in [6, 6.07) is 0.781. The Morgan fingerprint density at radius 3 is 2.29 bits per heavy atom. The van der Waals surface area contributed by atoms with Crippen LogP contribution < -0.4 is 5.73 Å². The molecule has 0 spiro atoms. The van der Waals surface area contributed by atoms with Crippen molar-refractivity contribution in [1.82, 2.24) is 0 Å². The Morgan fingerprint density at radius 1 is 1.35 bits per heavy atom. The molecule has 1 rings (SSSR count). The molecule has 0 radical (unpaired) electrons. The van der Waals surface area contributed by atoms with Crippen molar-refractivity contribution in [2.75, 3.05) is 5.73 Å². The summed E-state index contributed by atoms with van der Waals surface area (Å²) in [5, 5.41) is 17.5. The second-order valence-corrected chi connectivity index (χ2v) is 3.16. The SMILES string of the molecule is Nc1c(C(F)(F)F)ccc(F)c1C(O)C(=O)O. The summed E-state index contributed by atoms with van der Waals surface area (Å²) in [7, 11) is 0. The first-order valence-electron chi connectivity index (χ1n) is 4.22. The molecule has 1 aromatic carbocycles. The second-order valence-electron chi connectivity index (χ2n) is 3.16. The number of nitrogen functional groups attached to an aromatic ring is 1. The quantitative estimate of drug-likeness (QED) is 0.551. The smallest absolute Gasteiger partial charge is 0.418 e. The van der Waals surface area contributed by atoms with E-state index in [4.69, 9.17) is 15.9 Å². The number of aliphatic carboxylic acids is 1. The highest BCUT2D eigenvalue weighted by molar-refractivity contribution is 5.77. The number of alkyl halides is 3. The highest BCUT2D eigenvalue weighted by Gasteiger charge is 2.36. The van der Waals surface area contributed by atoms with E-state index >= 15 is 0 Å². The average Bonchev–Trinajstić information content (AvgIpc) is 2.14. The van der Waals surface area contributed by atoms with Crippen LogP contribution in [-0.2, 0) is 11.0 Å². The molecule has 0 amide bonds. The van der Waals surface area contributed by atoms with Gasteiger partial charge in [0.1, 0.15) is 5.82 Å². The van der Waals surface area contributed by atoms with Gasteiger partial charge in [0.05, 0.1) is 16.8 Å². The Bertz CT molecular complexity index is 458. The zero-order valence-corrected chi connectivity index (χ0v) is 8.12. The fraction of sp³-hybridized carbons (Fsp3) is 0.222. The topological polar surface area (TPSA) is 83.5 Å². The van der Waals surface area contributed by atoms with Gasteiger partial charge in [-0.1, -0.05) is 0 Å². The summed E-state index contributed by atoms with van der Waals surface area (Å²) in [6.07, 6.45) is -7.30. The molecule has 8 heteroatoms. The lowest BCUT2D eigenvalue weighted by molar-refractivity contribution is -0.147. The Labute approximate surface area is 92.3 Å². The van der Waals surface area contributed by atoms with Gasteiger partial charge in [-0.2, -0.15) is 13.2 Å². The van der Waals surface area contributed by atoms with Crippen LogP contribution in [0.25, 0.3) is 0 Å². The van der Waals surface area contributed by atoms with Gasteiger partial charge in [0, 0.05) is 0 Å². The van der Waals surface area contributed by atoms with Crippen LogP contribution in [-0.4, -0.2) is 16.2 Å². The van der Waals surface area contributed by atoms with Crippen LogP contribution in [0.2, 0.25) is 0 Å². The number of carbonyl (C=O) groups is 1. The molecule has 0 aliphatic heterocycles. The Kier molecular flexibility index (Phi) is 3.28. The van der Waals surface area contributed by atoms with Gasteiger partial charge in [-0.3, -0.25) is 0 Å². The Balaban J connectivity index is 3.45. The zero-order chi connectivity index (χ0) is 13.4. The number of benzene rings is 1. The predicted molar refractivity (Wildman–Crippen MR) is 48.4 cm³/mol. The normalized spacial score (nSPS) is 13.5. The number of carboxylic acid groups (broad SMARTS) is 1. The minimum atomic E-state index is -4.86. The molecule has 0 aliphatic carbocycles. The van der Waals surface area contributed by atoms with Crippen LogP contribution in [0.5, 0.6) is 0 Å². The molecule has 0 aromatic heterocycles. The summed E-state index contributed by atoms with van der Waals surface area (Å²) in [4.78, 5) is 10.4. The minimum absolute atomic E-state index is 0.378. The van der Waals surface area contributed by atoms with E-state index in [0.717, 1.165) is 0 Å². The van der Waals surface area contributed by atoms with Crippen molar-refractivity contribution >= 4 is 11.7 Å². The molecule has 4 nitrogen and oxygen atoms in total. The van der Waals surface area contributed by atoms with Crippen LogP contribution in [0.1, 0.15) is 17.2 Å². The number of hydrogen-bond donors (Lipinski definition) is 3. The van der Waals surface area contributed by atoms with Crippen molar-refractivity contribution in [3.63, 3.8) is 0 Å². The number of nitrogens with two attached hydrogens (primary N) is 1. The lowest BCUT2D eigenvalue weighted by Gasteiger charge is -2.16. The van der Waals surface area contributed by atoms with E-state index in [1.54, 1.807) is 0 Å². The van der Waals surface area contributed by atoms with Crippen molar-refractivity contribution in [3.8, 4) is 0 Å². The van der Waals surface area contributed by atoms with Gasteiger partial charge in [0.2, 0.25) is 0 Å². The molecule has 1 aromatic rings. The number of halogens is 4. The fourth-order valence-electron chi connectivity index (χ4n) is 1.26. The predicted octanol–water partition coefficient (Wildman–Crippen LogP) is 1.54. The van der Waals surface area contributed by atoms with Crippen LogP contribution in [0.4, 0.5) is 23.2 Å². The van der Waals surface area contributed by atoms with E-state index in [2.05, 4.69) is 0 Å². The molecule has 0 fully saturated rings. The maximum atomic E-state index is 13.2. The highest BCUT2D eigenvalue weighted by Crippen LogP contribution is 2.37. The van der Waals surface area contributed by atoms with Gasteiger partial charge in [0.15, 0.2) is 6.10 Å². The van der Waals surface area contributed by atoms with Crippen molar-refractivity contribution in [3.05, 3.63) is 29.1 Å².